The van der Waals surface area contributed by atoms with Crippen molar-refractivity contribution >= 4 is 5.69 Å². The summed E-state index contributed by atoms with van der Waals surface area (Å²) >= 11 is 0. The summed E-state index contributed by atoms with van der Waals surface area (Å²) in [6.07, 6.45) is 0. The highest BCUT2D eigenvalue weighted by molar-refractivity contribution is 5.50. The molecule has 0 aliphatic carbocycles. The molecule has 42 heavy (non-hydrogen) atoms. The van der Waals surface area contributed by atoms with Crippen molar-refractivity contribution in [3.63, 3.8) is 0 Å². The average molecular weight is 576 g/mol. The van der Waals surface area contributed by atoms with Gasteiger partial charge in [0.1, 0.15) is 23.1 Å². The molecule has 8 nitrogen and oxygen atoms in total. The predicted molar refractivity (Wildman–Crippen MR) is 159 cm³/mol. The smallest absolute Gasteiger partial charge is 0.331 e. The van der Waals surface area contributed by atoms with Crippen molar-refractivity contribution in [1.29, 1.82) is 0 Å². The topological polar surface area (TPSA) is 96.7 Å². The third-order valence-electron chi connectivity index (χ3n) is 8.05. The Bertz CT molecular complexity index is 1680. The van der Waals surface area contributed by atoms with Gasteiger partial charge in [-0.2, -0.15) is 0 Å². The lowest BCUT2D eigenvalue weighted by Gasteiger charge is -2.37. The first kappa shape index (κ1) is 29.2. The summed E-state index contributed by atoms with van der Waals surface area (Å²) in [6, 6.07) is 17.7. The molecule has 1 aliphatic heterocycles. The van der Waals surface area contributed by atoms with Gasteiger partial charge in [0.15, 0.2) is 0 Å². The summed E-state index contributed by atoms with van der Waals surface area (Å²) in [5.74, 6) is -1.26. The Kier molecular flexibility index (Phi) is 8.56. The first-order valence-electron chi connectivity index (χ1n) is 14.0. The monoisotopic (exact) mass is 575 g/mol. The zero-order valence-corrected chi connectivity index (χ0v) is 23.8. The number of hydrogen-bond donors (Lipinski definition) is 2. The molecule has 0 saturated carbocycles. The zero-order valence-electron chi connectivity index (χ0n) is 23.8. The van der Waals surface area contributed by atoms with Crippen LogP contribution in [0.3, 0.4) is 0 Å². The normalized spacial score (nSPS) is 14.7. The number of aromatic hydroxyl groups is 1. The fraction of sp³-hybridized carbons (Fsp3) is 0.312. The van der Waals surface area contributed by atoms with Gasteiger partial charge in [-0.05, 0) is 37.1 Å². The molecule has 1 atom stereocenters. The quantitative estimate of drug-likeness (QED) is 0.333. The van der Waals surface area contributed by atoms with E-state index in [2.05, 4.69) is 4.90 Å². The molecule has 1 saturated heterocycles. The minimum atomic E-state index is -0.769. The van der Waals surface area contributed by atoms with Crippen LogP contribution in [0.1, 0.15) is 34.0 Å². The Labute approximate surface area is 242 Å². The van der Waals surface area contributed by atoms with Gasteiger partial charge in [0, 0.05) is 55.6 Å². The van der Waals surface area contributed by atoms with Gasteiger partial charge >= 0.3 is 5.69 Å². The van der Waals surface area contributed by atoms with E-state index >= 15 is 0 Å². The van der Waals surface area contributed by atoms with Crippen LogP contribution >= 0.6 is 0 Å². The number of phenols is 1. The average Bonchev–Trinajstić information content (AvgIpc) is 2.98. The molecule has 220 valence electrons. The third-order valence-corrected chi connectivity index (χ3v) is 8.05. The largest absolute Gasteiger partial charge is 0.507 e. The first-order valence-corrected chi connectivity index (χ1v) is 14.0. The van der Waals surface area contributed by atoms with Gasteiger partial charge < -0.3 is 15.7 Å². The van der Waals surface area contributed by atoms with Crippen LogP contribution in [0.2, 0.25) is 0 Å². The standard InChI is InChI=1S/C32H35F2N5O3/c1-21-8-6-11-24(30(21)40)18-36-14-16-37(17-15-36)29-22(2)38(19-25-26(33)12-7-13-27(25)34)32(42)39(31(29)41)20-28(35)23-9-4-3-5-10-23/h3-13,28,40H,14-20,35H2,1-2H3/t28-/m0/s1. The summed E-state index contributed by atoms with van der Waals surface area (Å²) in [5, 5.41) is 10.5. The highest BCUT2D eigenvalue weighted by atomic mass is 19.1. The first-order chi connectivity index (χ1) is 20.2. The summed E-state index contributed by atoms with van der Waals surface area (Å²) in [5.41, 5.74) is 8.05. The molecular weight excluding hydrogens is 540 g/mol. The molecule has 3 N–H and O–H groups in total. The van der Waals surface area contributed by atoms with Crippen LogP contribution in [0.4, 0.5) is 14.5 Å². The molecule has 0 unspecified atom stereocenters. The van der Waals surface area contributed by atoms with E-state index in [-0.39, 0.29) is 24.4 Å². The Morgan fingerprint density at radius 3 is 2.14 bits per heavy atom. The fourth-order valence-electron chi connectivity index (χ4n) is 5.56. The lowest BCUT2D eigenvalue weighted by Crippen LogP contribution is -2.51. The van der Waals surface area contributed by atoms with Gasteiger partial charge in [-0.15, -0.1) is 0 Å². The van der Waals surface area contributed by atoms with E-state index in [0.717, 1.165) is 33.4 Å². The molecule has 2 heterocycles. The Hall–Kier alpha value is -4.28. The Morgan fingerprint density at radius 1 is 0.833 bits per heavy atom. The highest BCUT2D eigenvalue weighted by Crippen LogP contribution is 2.25. The maximum Gasteiger partial charge on any atom is 0.331 e. The van der Waals surface area contributed by atoms with E-state index in [1.54, 1.807) is 6.92 Å². The van der Waals surface area contributed by atoms with Crippen LogP contribution in [0.15, 0.2) is 76.3 Å². The number of aryl methyl sites for hydroxylation is 1. The van der Waals surface area contributed by atoms with Gasteiger partial charge in [0.05, 0.1) is 13.1 Å². The Balaban J connectivity index is 1.50. The van der Waals surface area contributed by atoms with Gasteiger partial charge in [-0.25, -0.2) is 13.6 Å². The second kappa shape index (κ2) is 12.3. The van der Waals surface area contributed by atoms with Gasteiger partial charge in [0.2, 0.25) is 0 Å². The number of halogens is 2. The molecule has 1 aliphatic rings. The summed E-state index contributed by atoms with van der Waals surface area (Å²) in [6.45, 7) is 5.77. The SMILES string of the molecule is Cc1cccc(CN2CCN(c3c(C)n(Cc4c(F)cccc4F)c(=O)n(C[C@H](N)c4ccccc4)c3=O)CC2)c1O. The van der Waals surface area contributed by atoms with Crippen LogP contribution in [0.25, 0.3) is 0 Å². The molecule has 0 spiro atoms. The number of piperazine rings is 1. The molecule has 0 bridgehead atoms. The van der Waals surface area contributed by atoms with Crippen molar-refractivity contribution in [3.05, 3.63) is 127 Å². The fourth-order valence-corrected chi connectivity index (χ4v) is 5.56. The zero-order chi connectivity index (χ0) is 30.0. The number of benzene rings is 3. The van der Waals surface area contributed by atoms with E-state index in [1.807, 2.05) is 60.4 Å². The van der Waals surface area contributed by atoms with E-state index in [4.69, 9.17) is 5.73 Å². The van der Waals surface area contributed by atoms with Crippen molar-refractivity contribution in [2.45, 2.75) is 39.5 Å². The summed E-state index contributed by atoms with van der Waals surface area (Å²) in [7, 11) is 0. The van der Waals surface area contributed by atoms with Crippen LogP contribution in [0.5, 0.6) is 5.75 Å². The summed E-state index contributed by atoms with van der Waals surface area (Å²) in [4.78, 5) is 31.8. The molecular formula is C32H35F2N5O3. The Morgan fingerprint density at radius 2 is 1.48 bits per heavy atom. The van der Waals surface area contributed by atoms with E-state index in [9.17, 15) is 23.5 Å². The number of nitrogens with two attached hydrogens (primary N) is 1. The van der Waals surface area contributed by atoms with Gasteiger partial charge in [-0.3, -0.25) is 18.8 Å². The maximum absolute atomic E-state index is 14.7. The number of phenolic OH excluding ortho intramolecular Hbond substituents is 1. The predicted octanol–water partition coefficient (Wildman–Crippen LogP) is 3.68. The third kappa shape index (κ3) is 5.86. The maximum atomic E-state index is 14.7. The van der Waals surface area contributed by atoms with E-state index in [0.29, 0.717) is 44.1 Å². The minimum absolute atomic E-state index is 0.0959. The highest BCUT2D eigenvalue weighted by Gasteiger charge is 2.27. The molecule has 0 radical (unpaired) electrons. The lowest BCUT2D eigenvalue weighted by atomic mass is 10.1. The number of para-hydroxylation sites is 1. The lowest BCUT2D eigenvalue weighted by molar-refractivity contribution is 0.246. The van der Waals surface area contributed by atoms with E-state index in [1.165, 1.54) is 10.6 Å². The molecule has 10 heteroatoms. The van der Waals surface area contributed by atoms with Crippen LogP contribution < -0.4 is 21.9 Å². The van der Waals surface area contributed by atoms with Crippen molar-refractivity contribution in [1.82, 2.24) is 14.0 Å². The number of hydrogen-bond acceptors (Lipinski definition) is 6. The van der Waals surface area contributed by atoms with Gasteiger partial charge in [0.25, 0.3) is 5.56 Å². The number of nitrogens with zero attached hydrogens (tertiary/aromatic N) is 4. The molecule has 0 amide bonds. The molecule has 1 aromatic heterocycles. The second-order valence-corrected chi connectivity index (χ2v) is 10.8. The second-order valence-electron chi connectivity index (χ2n) is 10.8. The van der Waals surface area contributed by atoms with E-state index < -0.39 is 28.9 Å². The van der Waals surface area contributed by atoms with Gasteiger partial charge in [-0.1, -0.05) is 54.6 Å². The van der Waals surface area contributed by atoms with Crippen molar-refractivity contribution in [2.75, 3.05) is 31.1 Å². The van der Waals surface area contributed by atoms with Crippen LogP contribution in [-0.2, 0) is 19.6 Å². The minimum Gasteiger partial charge on any atom is -0.507 e. The number of anilines is 1. The molecule has 1 fully saturated rings. The molecule has 5 rings (SSSR count). The summed E-state index contributed by atoms with van der Waals surface area (Å²) < 4.78 is 31.7. The number of rotatable bonds is 8. The molecule has 3 aromatic carbocycles. The van der Waals surface area contributed by atoms with Crippen molar-refractivity contribution in [3.8, 4) is 5.75 Å². The van der Waals surface area contributed by atoms with Crippen molar-refractivity contribution < 1.29 is 13.9 Å². The van der Waals surface area contributed by atoms with Crippen LogP contribution in [-0.4, -0.2) is 45.3 Å². The number of aromatic nitrogens is 2. The van der Waals surface area contributed by atoms with Crippen LogP contribution in [0, 0.1) is 25.5 Å². The molecule has 4 aromatic rings. The van der Waals surface area contributed by atoms with Crippen molar-refractivity contribution in [2.24, 2.45) is 5.73 Å².